The second-order valence-electron chi connectivity index (χ2n) is 12.2. The number of aryl methyl sites for hydroxylation is 2. The van der Waals surface area contributed by atoms with Crippen molar-refractivity contribution < 1.29 is 27.5 Å². The number of nitrogens with zero attached hydrogens (tertiary/aromatic N) is 5. The zero-order chi connectivity index (χ0) is 33.6. The molecule has 0 atom stereocenters. The number of ether oxygens (including phenoxy) is 1. The molecule has 3 amide bonds. The minimum absolute atomic E-state index is 0.0421. The van der Waals surface area contributed by atoms with Crippen LogP contribution in [-0.4, -0.2) is 62.0 Å². The van der Waals surface area contributed by atoms with Gasteiger partial charge in [-0.15, -0.1) is 11.3 Å². The Balaban J connectivity index is 1.07. The van der Waals surface area contributed by atoms with Gasteiger partial charge < -0.3 is 15.0 Å². The summed E-state index contributed by atoms with van der Waals surface area (Å²) >= 11 is 1.45. The van der Waals surface area contributed by atoms with Crippen molar-refractivity contribution in [2.75, 3.05) is 23.7 Å². The van der Waals surface area contributed by atoms with Crippen LogP contribution in [0, 0.1) is 13.8 Å². The van der Waals surface area contributed by atoms with Gasteiger partial charge >= 0.3 is 12.2 Å². The Morgan fingerprint density at radius 3 is 2.38 bits per heavy atom. The Bertz CT molecular complexity index is 2000. The molecule has 0 spiro atoms. The first-order chi connectivity index (χ1) is 23.0. The average molecular weight is 676 g/mol. The van der Waals surface area contributed by atoms with E-state index in [0.29, 0.717) is 54.0 Å². The number of aromatic nitrogens is 4. The van der Waals surface area contributed by atoms with E-state index in [1.807, 2.05) is 47.5 Å². The van der Waals surface area contributed by atoms with Crippen LogP contribution in [0.5, 0.6) is 5.88 Å². The van der Waals surface area contributed by atoms with Gasteiger partial charge in [-0.1, -0.05) is 18.2 Å². The number of benzene rings is 1. The molecule has 0 unspecified atom stereocenters. The van der Waals surface area contributed by atoms with Crippen molar-refractivity contribution >= 4 is 45.6 Å². The third-order valence-electron chi connectivity index (χ3n) is 8.94. The number of pyridine rings is 2. The van der Waals surface area contributed by atoms with E-state index in [4.69, 9.17) is 4.74 Å². The van der Waals surface area contributed by atoms with Gasteiger partial charge in [0.25, 0.3) is 5.91 Å². The number of amides is 3. The summed E-state index contributed by atoms with van der Waals surface area (Å²) in [5.74, 6) is 0.521. The summed E-state index contributed by atoms with van der Waals surface area (Å²) in [6.45, 7) is 4.87. The standard InChI is InChI=1S/C34H32F3N7O3S/c1-20-11-16-48-29(20)31(45)43-14-9-23(10-15-43)47-30-25-6-4-3-5-24(25)26(19-39-30)40-32(46)41-28-17-27(33(12-13-33)34(35,36)37)42-44(28)22-8-7-21(2)38-18-22/h3-8,11,16-19,23H,9-10,12-15H2,1-2H3,(H2,40,41,46). The molecule has 48 heavy (non-hydrogen) atoms. The number of halogens is 3. The Labute approximate surface area is 277 Å². The molecule has 0 radical (unpaired) electrons. The molecular formula is C34H32F3N7O3S. The number of alkyl halides is 3. The molecule has 14 heteroatoms. The molecule has 5 aromatic rings. The highest BCUT2D eigenvalue weighted by molar-refractivity contribution is 7.12. The van der Waals surface area contributed by atoms with Crippen molar-refractivity contribution in [1.82, 2.24) is 24.6 Å². The number of carbonyl (C=O) groups is 2. The van der Waals surface area contributed by atoms with E-state index < -0.39 is 17.6 Å². The minimum atomic E-state index is -4.47. The smallest absolute Gasteiger partial charge is 0.400 e. The van der Waals surface area contributed by atoms with Crippen molar-refractivity contribution in [3.8, 4) is 11.6 Å². The molecule has 1 aliphatic heterocycles. The number of urea groups is 1. The molecule has 1 aliphatic carbocycles. The normalized spacial score (nSPS) is 16.1. The van der Waals surface area contributed by atoms with Crippen LogP contribution in [0.1, 0.15) is 52.3 Å². The number of carbonyl (C=O) groups excluding carboxylic acids is 2. The van der Waals surface area contributed by atoms with Gasteiger partial charge in [-0.25, -0.2) is 14.5 Å². The molecule has 5 heterocycles. The van der Waals surface area contributed by atoms with Crippen LogP contribution >= 0.6 is 11.3 Å². The van der Waals surface area contributed by atoms with Gasteiger partial charge in [0.15, 0.2) is 0 Å². The lowest BCUT2D eigenvalue weighted by Crippen LogP contribution is -2.41. The fourth-order valence-electron chi connectivity index (χ4n) is 6.00. The Hall–Kier alpha value is -4.98. The summed E-state index contributed by atoms with van der Waals surface area (Å²) in [4.78, 5) is 37.7. The number of fused-ring (bicyclic) bond motifs is 1. The van der Waals surface area contributed by atoms with Crippen LogP contribution in [0.4, 0.5) is 29.5 Å². The largest absolute Gasteiger partial charge is 0.474 e. The molecule has 1 saturated carbocycles. The molecule has 2 N–H and O–H groups in total. The lowest BCUT2D eigenvalue weighted by molar-refractivity contribution is -0.161. The summed E-state index contributed by atoms with van der Waals surface area (Å²) < 4.78 is 49.5. The number of thiophene rings is 1. The van der Waals surface area contributed by atoms with E-state index in [2.05, 4.69) is 25.7 Å². The monoisotopic (exact) mass is 675 g/mol. The first-order valence-electron chi connectivity index (χ1n) is 15.6. The van der Waals surface area contributed by atoms with Gasteiger partial charge in [-0.3, -0.25) is 15.1 Å². The third kappa shape index (κ3) is 5.96. The average Bonchev–Trinajstić information content (AvgIpc) is 3.64. The molecule has 10 nitrogen and oxygen atoms in total. The summed E-state index contributed by atoms with van der Waals surface area (Å²) in [7, 11) is 0. The Morgan fingerprint density at radius 1 is 0.979 bits per heavy atom. The second-order valence-corrected chi connectivity index (χ2v) is 13.1. The number of anilines is 2. The first-order valence-corrected chi connectivity index (χ1v) is 16.5. The SMILES string of the molecule is Cc1ccc(-n2nc(C3(C(F)(F)F)CC3)cc2NC(=O)Nc2cnc(OC3CCN(C(=O)c4sccc4C)CC3)c3ccccc23)cn1. The van der Waals surface area contributed by atoms with Gasteiger partial charge in [-0.2, -0.15) is 18.3 Å². The van der Waals surface area contributed by atoms with Crippen molar-refractivity contribution in [1.29, 1.82) is 0 Å². The fourth-order valence-corrected chi connectivity index (χ4v) is 6.89. The predicted octanol–water partition coefficient (Wildman–Crippen LogP) is 7.42. The van der Waals surface area contributed by atoms with Crippen molar-refractivity contribution in [2.24, 2.45) is 0 Å². The summed E-state index contributed by atoms with van der Waals surface area (Å²) in [6, 6.07) is 13.3. The van der Waals surface area contributed by atoms with Crippen LogP contribution in [0.15, 0.2) is 66.3 Å². The quantitative estimate of drug-likeness (QED) is 0.186. The van der Waals surface area contributed by atoms with E-state index in [-0.39, 0.29) is 36.4 Å². The van der Waals surface area contributed by atoms with E-state index in [1.54, 1.807) is 19.1 Å². The second kappa shape index (κ2) is 12.2. The minimum Gasteiger partial charge on any atom is -0.474 e. The number of hydrogen-bond donors (Lipinski definition) is 2. The van der Waals surface area contributed by atoms with Gasteiger partial charge in [-0.05, 0) is 61.9 Å². The lowest BCUT2D eigenvalue weighted by atomic mass is 10.0. The Morgan fingerprint density at radius 2 is 1.73 bits per heavy atom. The number of nitrogens with one attached hydrogen (secondary N) is 2. The van der Waals surface area contributed by atoms with Gasteiger partial charge in [0.2, 0.25) is 5.88 Å². The zero-order valence-electron chi connectivity index (χ0n) is 26.2. The molecule has 7 rings (SSSR count). The number of likely N-dealkylation sites (tertiary alicyclic amines) is 1. The molecular weight excluding hydrogens is 643 g/mol. The number of hydrogen-bond acceptors (Lipinski definition) is 7. The zero-order valence-corrected chi connectivity index (χ0v) is 27.0. The van der Waals surface area contributed by atoms with Gasteiger partial charge in [0, 0.05) is 48.5 Å². The highest BCUT2D eigenvalue weighted by Gasteiger charge is 2.66. The van der Waals surface area contributed by atoms with Crippen molar-refractivity contribution in [2.45, 2.75) is 57.2 Å². The van der Waals surface area contributed by atoms with E-state index in [9.17, 15) is 22.8 Å². The van der Waals surface area contributed by atoms with Gasteiger partial charge in [0.05, 0.1) is 34.3 Å². The van der Waals surface area contributed by atoms with Crippen LogP contribution < -0.4 is 15.4 Å². The first kappa shape index (κ1) is 31.6. The summed E-state index contributed by atoms with van der Waals surface area (Å²) in [6.07, 6.45) is -0.465. The van der Waals surface area contributed by atoms with Gasteiger partial charge in [0.1, 0.15) is 17.3 Å². The maximum Gasteiger partial charge on any atom is 0.400 e. The topological polar surface area (TPSA) is 114 Å². The molecule has 2 fully saturated rings. The van der Waals surface area contributed by atoms with E-state index >= 15 is 0 Å². The van der Waals surface area contributed by atoms with Crippen molar-refractivity contribution in [3.05, 3.63) is 88.1 Å². The van der Waals surface area contributed by atoms with Crippen LogP contribution in [-0.2, 0) is 5.41 Å². The summed E-state index contributed by atoms with van der Waals surface area (Å²) in [5, 5.41) is 13.0. The van der Waals surface area contributed by atoms with Crippen molar-refractivity contribution in [3.63, 3.8) is 0 Å². The Kier molecular flexibility index (Phi) is 8.06. The van der Waals surface area contributed by atoms with E-state index in [1.165, 1.54) is 34.5 Å². The predicted molar refractivity (Wildman–Crippen MR) is 176 cm³/mol. The highest BCUT2D eigenvalue weighted by atomic mass is 32.1. The summed E-state index contributed by atoms with van der Waals surface area (Å²) in [5.41, 5.74) is 0.313. The van der Waals surface area contributed by atoms with Crippen LogP contribution in [0.3, 0.4) is 0 Å². The maximum atomic E-state index is 14.0. The molecule has 0 bridgehead atoms. The molecule has 4 aromatic heterocycles. The maximum absolute atomic E-state index is 14.0. The van der Waals surface area contributed by atoms with Crippen LogP contribution in [0.2, 0.25) is 0 Å². The third-order valence-corrected chi connectivity index (χ3v) is 9.95. The highest BCUT2D eigenvalue weighted by Crippen LogP contribution is 2.58. The molecule has 1 saturated heterocycles. The fraction of sp³-hybridized carbons (Fsp3) is 0.324. The molecule has 1 aromatic carbocycles. The molecule has 248 valence electrons. The van der Waals surface area contributed by atoms with Crippen LogP contribution in [0.25, 0.3) is 16.5 Å². The van der Waals surface area contributed by atoms with E-state index in [0.717, 1.165) is 16.1 Å². The lowest BCUT2D eigenvalue weighted by Gasteiger charge is -2.32. The number of piperidine rings is 1. The number of rotatable bonds is 7. The molecule has 2 aliphatic rings.